The summed E-state index contributed by atoms with van der Waals surface area (Å²) in [5, 5.41) is 0.778. The first-order valence-electron chi connectivity index (χ1n) is 8.17. The normalized spacial score (nSPS) is 15.3. The van der Waals surface area contributed by atoms with E-state index in [2.05, 4.69) is 6.07 Å². The van der Waals surface area contributed by atoms with E-state index in [0.717, 1.165) is 43.5 Å². The van der Waals surface area contributed by atoms with Gasteiger partial charge in [0.25, 0.3) is 5.91 Å². The zero-order valence-electron chi connectivity index (χ0n) is 13.8. The lowest BCUT2D eigenvalue weighted by atomic mass is 10.1. The number of ether oxygens (including phenoxy) is 1. The van der Waals surface area contributed by atoms with E-state index in [9.17, 15) is 4.79 Å². The highest BCUT2D eigenvalue weighted by Crippen LogP contribution is 2.13. The summed E-state index contributed by atoms with van der Waals surface area (Å²) in [5.41, 5.74) is 1.96. The molecular formula is C19H22ClN2O2+. The van der Waals surface area contributed by atoms with Crippen LogP contribution in [0, 0.1) is 0 Å². The predicted octanol–water partition coefficient (Wildman–Crippen LogP) is 1.89. The van der Waals surface area contributed by atoms with Crippen molar-refractivity contribution >= 4 is 17.5 Å². The zero-order valence-corrected chi connectivity index (χ0v) is 14.6. The van der Waals surface area contributed by atoms with Crippen molar-refractivity contribution in [3.63, 3.8) is 0 Å². The van der Waals surface area contributed by atoms with Crippen molar-refractivity contribution < 1.29 is 14.4 Å². The molecular weight excluding hydrogens is 324 g/mol. The summed E-state index contributed by atoms with van der Waals surface area (Å²) < 4.78 is 5.14. The number of hydrogen-bond acceptors (Lipinski definition) is 2. The molecule has 2 aromatic rings. The van der Waals surface area contributed by atoms with Gasteiger partial charge in [0.1, 0.15) is 12.3 Å². The van der Waals surface area contributed by atoms with Gasteiger partial charge < -0.3 is 14.5 Å². The highest BCUT2D eigenvalue weighted by atomic mass is 35.5. The van der Waals surface area contributed by atoms with E-state index in [1.165, 1.54) is 10.5 Å². The largest absolute Gasteiger partial charge is 0.497 e. The standard InChI is InChI=1S/C19H21ClN2O2/c1-24-18-7-5-16(6-8-18)19(23)22-11-9-21(10-12-22)14-15-3-2-4-17(20)13-15/h2-8,13H,9-12,14H2,1H3/p+1. The minimum Gasteiger partial charge on any atom is -0.497 e. The molecule has 126 valence electrons. The second kappa shape index (κ2) is 7.69. The molecule has 5 heteroatoms. The van der Waals surface area contributed by atoms with E-state index in [-0.39, 0.29) is 5.91 Å². The van der Waals surface area contributed by atoms with Crippen LogP contribution in [0.1, 0.15) is 15.9 Å². The maximum absolute atomic E-state index is 12.6. The number of carbonyl (C=O) groups excluding carboxylic acids is 1. The maximum atomic E-state index is 12.6. The van der Waals surface area contributed by atoms with Crippen molar-refractivity contribution in [1.29, 1.82) is 0 Å². The highest BCUT2D eigenvalue weighted by Gasteiger charge is 2.24. The number of quaternary nitrogens is 1. The molecule has 0 atom stereocenters. The second-order valence-electron chi connectivity index (χ2n) is 6.08. The Hall–Kier alpha value is -2.04. The summed E-state index contributed by atoms with van der Waals surface area (Å²) in [6.07, 6.45) is 0. The lowest BCUT2D eigenvalue weighted by Crippen LogP contribution is -3.13. The Morgan fingerprint density at radius 2 is 1.88 bits per heavy atom. The molecule has 1 heterocycles. The molecule has 4 nitrogen and oxygen atoms in total. The van der Waals surface area contributed by atoms with Crippen LogP contribution in [-0.4, -0.2) is 44.1 Å². The van der Waals surface area contributed by atoms with Gasteiger partial charge in [-0.15, -0.1) is 0 Å². The van der Waals surface area contributed by atoms with Crippen LogP contribution in [-0.2, 0) is 6.54 Å². The van der Waals surface area contributed by atoms with Gasteiger partial charge in [0.2, 0.25) is 0 Å². The number of carbonyl (C=O) groups is 1. The Kier molecular flexibility index (Phi) is 5.38. The van der Waals surface area contributed by atoms with Gasteiger partial charge in [0.15, 0.2) is 0 Å². The van der Waals surface area contributed by atoms with Crippen molar-refractivity contribution in [2.45, 2.75) is 6.54 Å². The predicted molar refractivity (Wildman–Crippen MR) is 94.8 cm³/mol. The van der Waals surface area contributed by atoms with E-state index in [1.807, 2.05) is 47.4 Å². The van der Waals surface area contributed by atoms with Crippen LogP contribution in [0.3, 0.4) is 0 Å². The number of methoxy groups -OCH3 is 1. The van der Waals surface area contributed by atoms with Crippen LogP contribution in [0.5, 0.6) is 5.75 Å². The number of piperazine rings is 1. The maximum Gasteiger partial charge on any atom is 0.254 e. The molecule has 0 spiro atoms. The van der Waals surface area contributed by atoms with Gasteiger partial charge in [0.05, 0.1) is 33.3 Å². The van der Waals surface area contributed by atoms with Crippen molar-refractivity contribution in [3.05, 3.63) is 64.7 Å². The lowest BCUT2D eigenvalue weighted by Gasteiger charge is -2.32. The summed E-state index contributed by atoms with van der Waals surface area (Å²) in [6, 6.07) is 15.3. The minimum absolute atomic E-state index is 0.0967. The molecule has 0 unspecified atom stereocenters. The number of benzene rings is 2. The third-order valence-electron chi connectivity index (χ3n) is 4.44. The van der Waals surface area contributed by atoms with E-state index >= 15 is 0 Å². The van der Waals surface area contributed by atoms with E-state index < -0.39 is 0 Å². The molecule has 0 bridgehead atoms. The Morgan fingerprint density at radius 3 is 2.50 bits per heavy atom. The smallest absolute Gasteiger partial charge is 0.254 e. The molecule has 0 aromatic heterocycles. The Morgan fingerprint density at radius 1 is 1.17 bits per heavy atom. The van der Waals surface area contributed by atoms with Crippen molar-refractivity contribution in [2.24, 2.45) is 0 Å². The van der Waals surface area contributed by atoms with Gasteiger partial charge in [0, 0.05) is 16.1 Å². The first-order chi connectivity index (χ1) is 11.7. The summed E-state index contributed by atoms with van der Waals surface area (Å²) in [6.45, 7) is 4.41. The molecule has 3 rings (SSSR count). The monoisotopic (exact) mass is 345 g/mol. The van der Waals surface area contributed by atoms with E-state index in [1.54, 1.807) is 7.11 Å². The number of rotatable bonds is 4. The summed E-state index contributed by atoms with van der Waals surface area (Å²) >= 11 is 6.05. The van der Waals surface area contributed by atoms with Gasteiger partial charge >= 0.3 is 0 Å². The molecule has 2 aromatic carbocycles. The van der Waals surface area contributed by atoms with Crippen LogP contribution < -0.4 is 9.64 Å². The molecule has 1 amide bonds. The van der Waals surface area contributed by atoms with Gasteiger partial charge in [-0.2, -0.15) is 0 Å². The molecule has 1 aliphatic heterocycles. The Bertz CT molecular complexity index is 695. The second-order valence-corrected chi connectivity index (χ2v) is 6.51. The summed E-state index contributed by atoms with van der Waals surface area (Å²) in [4.78, 5) is 16.0. The molecule has 1 saturated heterocycles. The summed E-state index contributed by atoms with van der Waals surface area (Å²) in [7, 11) is 1.62. The van der Waals surface area contributed by atoms with E-state index in [4.69, 9.17) is 16.3 Å². The SMILES string of the molecule is COc1ccc(C(=O)N2CC[NH+](Cc3cccc(Cl)c3)CC2)cc1. The fourth-order valence-electron chi connectivity index (χ4n) is 3.05. The van der Waals surface area contributed by atoms with Crippen LogP contribution in [0.25, 0.3) is 0 Å². The van der Waals surface area contributed by atoms with Gasteiger partial charge in [-0.3, -0.25) is 4.79 Å². The lowest BCUT2D eigenvalue weighted by molar-refractivity contribution is -0.917. The Balaban J connectivity index is 1.55. The fourth-order valence-corrected chi connectivity index (χ4v) is 3.27. The third kappa shape index (κ3) is 4.08. The highest BCUT2D eigenvalue weighted by molar-refractivity contribution is 6.30. The van der Waals surface area contributed by atoms with Crippen molar-refractivity contribution in [1.82, 2.24) is 4.90 Å². The average Bonchev–Trinajstić information content (AvgIpc) is 2.62. The molecule has 0 saturated carbocycles. The van der Waals surface area contributed by atoms with Crippen LogP contribution in [0.4, 0.5) is 0 Å². The number of nitrogens with zero attached hydrogens (tertiary/aromatic N) is 1. The molecule has 0 aliphatic carbocycles. The Labute approximate surface area is 147 Å². The van der Waals surface area contributed by atoms with Crippen LogP contribution >= 0.6 is 11.6 Å². The first kappa shape index (κ1) is 16.8. The quantitative estimate of drug-likeness (QED) is 0.918. The number of amides is 1. The first-order valence-corrected chi connectivity index (χ1v) is 8.55. The molecule has 1 N–H and O–H groups in total. The van der Waals surface area contributed by atoms with Crippen LogP contribution in [0.15, 0.2) is 48.5 Å². The third-order valence-corrected chi connectivity index (χ3v) is 4.67. The van der Waals surface area contributed by atoms with Gasteiger partial charge in [-0.05, 0) is 36.4 Å². The van der Waals surface area contributed by atoms with Crippen molar-refractivity contribution in [3.8, 4) is 5.75 Å². The number of hydrogen-bond donors (Lipinski definition) is 1. The number of halogens is 1. The van der Waals surface area contributed by atoms with E-state index in [0.29, 0.717) is 5.56 Å². The van der Waals surface area contributed by atoms with Crippen LogP contribution in [0.2, 0.25) is 5.02 Å². The number of nitrogens with one attached hydrogen (secondary N) is 1. The molecule has 24 heavy (non-hydrogen) atoms. The molecule has 1 aliphatic rings. The summed E-state index contributed by atoms with van der Waals surface area (Å²) in [5.74, 6) is 0.863. The molecule has 1 fully saturated rings. The van der Waals surface area contributed by atoms with Gasteiger partial charge in [-0.1, -0.05) is 23.7 Å². The topological polar surface area (TPSA) is 34.0 Å². The molecule has 0 radical (unpaired) electrons. The van der Waals surface area contributed by atoms with Gasteiger partial charge in [-0.25, -0.2) is 0 Å². The fraction of sp³-hybridized carbons (Fsp3) is 0.316. The average molecular weight is 346 g/mol. The minimum atomic E-state index is 0.0967. The van der Waals surface area contributed by atoms with Crippen molar-refractivity contribution in [2.75, 3.05) is 33.3 Å². The zero-order chi connectivity index (χ0) is 16.9.